The van der Waals surface area contributed by atoms with Crippen LogP contribution in [-0.4, -0.2) is 60.6 Å². The number of rotatable bonds is 5. The first-order chi connectivity index (χ1) is 14.2. The van der Waals surface area contributed by atoms with Crippen molar-refractivity contribution in [1.29, 1.82) is 0 Å². The minimum Gasteiger partial charge on any atom is -0.337 e. The number of aryl methyl sites for hydroxylation is 1. The molecule has 0 unspecified atom stereocenters. The number of likely N-dealkylation sites (tertiary alicyclic amines) is 2. The Labute approximate surface area is 176 Å². The fraction of sp³-hybridized carbons (Fsp3) is 0.571. The smallest absolute Gasteiger partial charge is 0.244 e. The van der Waals surface area contributed by atoms with Gasteiger partial charge in [-0.15, -0.1) is 0 Å². The summed E-state index contributed by atoms with van der Waals surface area (Å²) in [6.45, 7) is 2.36. The van der Waals surface area contributed by atoms with Crippen LogP contribution in [0, 0.1) is 6.92 Å². The number of sulfonamides is 1. The molecule has 1 saturated carbocycles. The van der Waals surface area contributed by atoms with Gasteiger partial charge in [0.05, 0.1) is 10.9 Å². The molecule has 1 aromatic carbocycles. The summed E-state index contributed by atoms with van der Waals surface area (Å²) in [5, 5.41) is 0. The quantitative estimate of drug-likeness (QED) is 0.706. The Bertz CT molecular complexity index is 962. The number of nitrogens with zero attached hydrogens (tertiary/aromatic N) is 2. The number of hydrogen-bond donors (Lipinski definition) is 1. The van der Waals surface area contributed by atoms with Gasteiger partial charge in [-0.05, 0) is 37.5 Å². The molecule has 0 radical (unpaired) electrons. The van der Waals surface area contributed by atoms with Gasteiger partial charge in [-0.2, -0.15) is 4.72 Å². The van der Waals surface area contributed by atoms with Gasteiger partial charge >= 0.3 is 0 Å². The lowest BCUT2D eigenvalue weighted by Gasteiger charge is -2.48. The van der Waals surface area contributed by atoms with Gasteiger partial charge in [-0.1, -0.05) is 31.4 Å². The van der Waals surface area contributed by atoms with Crippen LogP contribution in [0.1, 0.15) is 50.5 Å². The number of nitrogens with one attached hydrogen (secondary N) is 1. The molecule has 8 nitrogen and oxygen atoms in total. The Morgan fingerprint density at radius 3 is 2.30 bits per heavy atom. The Morgan fingerprint density at radius 2 is 1.70 bits per heavy atom. The van der Waals surface area contributed by atoms with E-state index in [2.05, 4.69) is 4.72 Å². The molecule has 1 aromatic rings. The van der Waals surface area contributed by atoms with Gasteiger partial charge in [0, 0.05) is 25.9 Å². The molecule has 2 saturated heterocycles. The summed E-state index contributed by atoms with van der Waals surface area (Å²) < 4.78 is 28.9. The third-order valence-electron chi connectivity index (χ3n) is 6.35. The molecule has 3 amide bonds. The number of amides is 3. The summed E-state index contributed by atoms with van der Waals surface area (Å²) in [5.74, 6) is -0.636. The second kappa shape index (κ2) is 7.77. The zero-order valence-electron chi connectivity index (χ0n) is 17.1. The van der Waals surface area contributed by atoms with Gasteiger partial charge in [0.2, 0.25) is 27.7 Å². The third kappa shape index (κ3) is 3.76. The molecule has 2 heterocycles. The first-order valence-corrected chi connectivity index (χ1v) is 12.0. The SMILES string of the molecule is Cc1cccc(S(=O)(=O)NC2(C(=O)N3CC(N4C(=O)CCC4=O)C3)CCCCC2)c1. The van der Waals surface area contributed by atoms with Crippen molar-refractivity contribution in [2.45, 2.75) is 68.3 Å². The summed E-state index contributed by atoms with van der Waals surface area (Å²) in [6, 6.07) is 6.32. The zero-order valence-corrected chi connectivity index (χ0v) is 17.9. The van der Waals surface area contributed by atoms with Crippen molar-refractivity contribution in [3.63, 3.8) is 0 Å². The summed E-state index contributed by atoms with van der Waals surface area (Å²) in [7, 11) is -3.87. The summed E-state index contributed by atoms with van der Waals surface area (Å²) in [6.07, 6.45) is 3.83. The van der Waals surface area contributed by atoms with E-state index in [1.54, 1.807) is 17.0 Å². The lowest BCUT2D eigenvalue weighted by molar-refractivity contribution is -0.155. The van der Waals surface area contributed by atoms with Gasteiger partial charge in [0.25, 0.3) is 0 Å². The van der Waals surface area contributed by atoms with Crippen LogP contribution in [0.4, 0.5) is 0 Å². The van der Waals surface area contributed by atoms with E-state index in [1.165, 1.54) is 11.0 Å². The normalized spacial score (nSPS) is 22.3. The zero-order chi connectivity index (χ0) is 21.5. The highest BCUT2D eigenvalue weighted by molar-refractivity contribution is 7.89. The molecule has 0 spiro atoms. The molecule has 1 aliphatic carbocycles. The minimum absolute atomic E-state index is 0.148. The molecule has 3 fully saturated rings. The van der Waals surface area contributed by atoms with Crippen LogP contribution in [0.5, 0.6) is 0 Å². The molecule has 0 atom stereocenters. The molecule has 162 valence electrons. The van der Waals surface area contributed by atoms with Crippen LogP contribution < -0.4 is 4.72 Å². The number of carbonyl (C=O) groups excluding carboxylic acids is 3. The van der Waals surface area contributed by atoms with Crippen LogP contribution in [0.25, 0.3) is 0 Å². The van der Waals surface area contributed by atoms with Crippen molar-refractivity contribution < 1.29 is 22.8 Å². The number of imide groups is 1. The second-order valence-electron chi connectivity index (χ2n) is 8.59. The van der Waals surface area contributed by atoms with Crippen molar-refractivity contribution in [2.75, 3.05) is 13.1 Å². The van der Waals surface area contributed by atoms with Gasteiger partial charge in [0.1, 0.15) is 5.54 Å². The van der Waals surface area contributed by atoms with Crippen molar-refractivity contribution in [3.05, 3.63) is 29.8 Å². The number of hydrogen-bond acceptors (Lipinski definition) is 5. The van der Waals surface area contributed by atoms with Gasteiger partial charge in [-0.25, -0.2) is 8.42 Å². The van der Waals surface area contributed by atoms with Crippen LogP contribution in [0.2, 0.25) is 0 Å². The largest absolute Gasteiger partial charge is 0.337 e. The van der Waals surface area contributed by atoms with Gasteiger partial charge < -0.3 is 4.90 Å². The average molecular weight is 434 g/mol. The van der Waals surface area contributed by atoms with E-state index in [4.69, 9.17) is 0 Å². The van der Waals surface area contributed by atoms with E-state index < -0.39 is 15.6 Å². The van der Waals surface area contributed by atoms with E-state index in [1.807, 2.05) is 13.0 Å². The predicted molar refractivity (Wildman–Crippen MR) is 109 cm³/mol. The van der Waals surface area contributed by atoms with Crippen molar-refractivity contribution in [3.8, 4) is 0 Å². The maximum atomic E-state index is 13.4. The van der Waals surface area contributed by atoms with Gasteiger partial charge in [-0.3, -0.25) is 19.3 Å². The fourth-order valence-corrected chi connectivity index (χ4v) is 6.22. The topological polar surface area (TPSA) is 104 Å². The van der Waals surface area contributed by atoms with Crippen molar-refractivity contribution in [1.82, 2.24) is 14.5 Å². The van der Waals surface area contributed by atoms with Crippen LogP contribution in [0.3, 0.4) is 0 Å². The molecule has 0 aromatic heterocycles. The number of benzene rings is 1. The minimum atomic E-state index is -3.87. The van der Waals surface area contributed by atoms with Crippen molar-refractivity contribution in [2.24, 2.45) is 0 Å². The highest BCUT2D eigenvalue weighted by Gasteiger charge is 2.50. The van der Waals surface area contributed by atoms with Crippen LogP contribution in [-0.2, 0) is 24.4 Å². The predicted octanol–water partition coefficient (Wildman–Crippen LogP) is 1.34. The first kappa shape index (κ1) is 21.0. The average Bonchev–Trinajstić information content (AvgIpc) is 3.00. The van der Waals surface area contributed by atoms with E-state index in [0.717, 1.165) is 24.8 Å². The molecule has 30 heavy (non-hydrogen) atoms. The summed E-state index contributed by atoms with van der Waals surface area (Å²) in [5.41, 5.74) is -0.349. The first-order valence-electron chi connectivity index (χ1n) is 10.5. The molecule has 2 aliphatic heterocycles. The highest BCUT2D eigenvalue weighted by Crippen LogP contribution is 2.34. The standard InChI is InChI=1S/C21H27N3O5S/c1-15-6-5-7-17(12-15)30(28,29)22-21(10-3-2-4-11-21)20(27)23-13-16(14-23)24-18(25)8-9-19(24)26/h5-7,12,16,22H,2-4,8-11,13-14H2,1H3. The lowest BCUT2D eigenvalue weighted by atomic mass is 9.80. The fourth-order valence-electron chi connectivity index (χ4n) is 4.70. The molecular weight excluding hydrogens is 406 g/mol. The number of carbonyl (C=O) groups is 3. The molecule has 3 aliphatic rings. The lowest BCUT2D eigenvalue weighted by Crippen LogP contribution is -2.69. The molecule has 4 rings (SSSR count). The maximum absolute atomic E-state index is 13.4. The van der Waals surface area contributed by atoms with Gasteiger partial charge in [0.15, 0.2) is 0 Å². The van der Waals surface area contributed by atoms with Crippen molar-refractivity contribution >= 4 is 27.7 Å². The Balaban J connectivity index is 1.52. The van der Waals surface area contributed by atoms with E-state index in [-0.39, 0.29) is 54.6 Å². The Morgan fingerprint density at radius 1 is 1.07 bits per heavy atom. The van der Waals surface area contributed by atoms with E-state index in [9.17, 15) is 22.8 Å². The molecule has 1 N–H and O–H groups in total. The van der Waals surface area contributed by atoms with Crippen LogP contribution in [0.15, 0.2) is 29.2 Å². The monoisotopic (exact) mass is 433 g/mol. The third-order valence-corrected chi connectivity index (χ3v) is 7.88. The Hall–Kier alpha value is -2.26. The summed E-state index contributed by atoms with van der Waals surface area (Å²) >= 11 is 0. The Kier molecular flexibility index (Phi) is 5.44. The van der Waals surface area contributed by atoms with Crippen LogP contribution >= 0.6 is 0 Å². The highest BCUT2D eigenvalue weighted by atomic mass is 32.2. The second-order valence-corrected chi connectivity index (χ2v) is 10.3. The molecular formula is C21H27N3O5S. The summed E-state index contributed by atoms with van der Waals surface area (Å²) in [4.78, 5) is 40.3. The van der Waals surface area contributed by atoms with E-state index in [0.29, 0.717) is 12.8 Å². The van der Waals surface area contributed by atoms with E-state index >= 15 is 0 Å². The molecule has 9 heteroatoms. The molecule has 0 bridgehead atoms. The maximum Gasteiger partial charge on any atom is 0.244 e.